The zero-order valence-corrected chi connectivity index (χ0v) is 13.2. The fourth-order valence-electron chi connectivity index (χ4n) is 1.49. The highest BCUT2D eigenvalue weighted by Crippen LogP contribution is 2.37. The smallest absolute Gasteiger partial charge is 0.177 e. The minimum absolute atomic E-state index is 0.143. The van der Waals surface area contributed by atoms with Crippen LogP contribution in [0.25, 0.3) is 0 Å². The Morgan fingerprint density at radius 2 is 2.00 bits per heavy atom. The number of para-hydroxylation sites is 1. The van der Waals surface area contributed by atoms with Crippen LogP contribution in [0, 0.1) is 0 Å². The van der Waals surface area contributed by atoms with Crippen LogP contribution >= 0.6 is 27.7 Å². The summed E-state index contributed by atoms with van der Waals surface area (Å²) in [7, 11) is -3.33. The molecule has 0 saturated heterocycles. The standard InChI is InChI=1S/C12H11BrN2O2S2/c1-19(16,17)10-6-2-5-9(11(10)14)18-12-8(13)4-3-7-15-12/h2-7H,14H2,1H3. The Balaban J connectivity index is 2.46. The van der Waals surface area contributed by atoms with Crippen LogP contribution in [0.1, 0.15) is 0 Å². The number of hydrogen-bond donors (Lipinski definition) is 1. The summed E-state index contributed by atoms with van der Waals surface area (Å²) in [4.78, 5) is 5.03. The molecule has 0 atom stereocenters. The summed E-state index contributed by atoms with van der Waals surface area (Å²) < 4.78 is 24.1. The van der Waals surface area contributed by atoms with Gasteiger partial charge in [0.1, 0.15) is 5.03 Å². The van der Waals surface area contributed by atoms with E-state index in [0.29, 0.717) is 4.90 Å². The first kappa shape index (κ1) is 14.4. The van der Waals surface area contributed by atoms with Crippen molar-refractivity contribution in [2.24, 2.45) is 0 Å². The normalized spacial score (nSPS) is 11.5. The Hall–Kier alpha value is -1.05. The van der Waals surface area contributed by atoms with E-state index < -0.39 is 9.84 Å². The number of rotatable bonds is 3. The van der Waals surface area contributed by atoms with Crippen molar-refractivity contribution in [2.75, 3.05) is 12.0 Å². The van der Waals surface area contributed by atoms with Crippen molar-refractivity contribution in [3.05, 3.63) is 41.0 Å². The minimum Gasteiger partial charge on any atom is -0.397 e. The summed E-state index contributed by atoms with van der Waals surface area (Å²) in [5.41, 5.74) is 6.18. The van der Waals surface area contributed by atoms with Gasteiger partial charge in [0.15, 0.2) is 9.84 Å². The number of halogens is 1. The second-order valence-electron chi connectivity index (χ2n) is 3.83. The lowest BCUT2D eigenvalue weighted by atomic mass is 10.3. The van der Waals surface area contributed by atoms with Gasteiger partial charge in [-0.1, -0.05) is 17.8 Å². The highest BCUT2D eigenvalue weighted by Gasteiger charge is 2.15. The third-order valence-electron chi connectivity index (χ3n) is 2.36. The van der Waals surface area contributed by atoms with Crippen LogP contribution in [0.4, 0.5) is 5.69 Å². The molecule has 2 N–H and O–H groups in total. The van der Waals surface area contributed by atoms with Crippen LogP contribution in [-0.4, -0.2) is 19.7 Å². The van der Waals surface area contributed by atoms with Crippen LogP contribution in [0.15, 0.2) is 55.8 Å². The van der Waals surface area contributed by atoms with Crippen molar-refractivity contribution >= 4 is 43.2 Å². The van der Waals surface area contributed by atoms with Gasteiger partial charge < -0.3 is 5.73 Å². The number of hydrogen-bond acceptors (Lipinski definition) is 5. The molecular weight excluding hydrogens is 348 g/mol. The van der Waals surface area contributed by atoms with Gasteiger partial charge in [0.25, 0.3) is 0 Å². The second-order valence-corrected chi connectivity index (χ2v) is 7.70. The van der Waals surface area contributed by atoms with Gasteiger partial charge in [-0.25, -0.2) is 13.4 Å². The van der Waals surface area contributed by atoms with E-state index in [1.165, 1.54) is 17.8 Å². The van der Waals surface area contributed by atoms with Crippen molar-refractivity contribution in [3.63, 3.8) is 0 Å². The van der Waals surface area contributed by atoms with E-state index in [1.54, 1.807) is 18.3 Å². The zero-order valence-electron chi connectivity index (χ0n) is 10.00. The SMILES string of the molecule is CS(=O)(=O)c1cccc(Sc2ncccc2Br)c1N. The van der Waals surface area contributed by atoms with E-state index in [4.69, 9.17) is 5.73 Å². The maximum atomic E-state index is 11.6. The topological polar surface area (TPSA) is 73.0 Å². The third kappa shape index (κ3) is 3.29. The third-order valence-corrected chi connectivity index (χ3v) is 5.51. The number of anilines is 1. The van der Waals surface area contributed by atoms with E-state index in [0.717, 1.165) is 15.8 Å². The molecule has 7 heteroatoms. The molecule has 0 spiro atoms. The van der Waals surface area contributed by atoms with E-state index >= 15 is 0 Å². The monoisotopic (exact) mass is 358 g/mol. The van der Waals surface area contributed by atoms with Crippen molar-refractivity contribution in [3.8, 4) is 0 Å². The van der Waals surface area contributed by atoms with Gasteiger partial charge in [0.05, 0.1) is 15.1 Å². The Morgan fingerprint density at radius 3 is 2.63 bits per heavy atom. The van der Waals surface area contributed by atoms with Crippen molar-refractivity contribution in [2.45, 2.75) is 14.8 Å². The maximum Gasteiger partial charge on any atom is 0.177 e. The van der Waals surface area contributed by atoms with Crippen LogP contribution < -0.4 is 5.73 Å². The molecule has 0 saturated carbocycles. The molecule has 19 heavy (non-hydrogen) atoms. The zero-order chi connectivity index (χ0) is 14.0. The van der Waals surface area contributed by atoms with Gasteiger partial charge in [0, 0.05) is 17.3 Å². The van der Waals surface area contributed by atoms with Crippen molar-refractivity contribution < 1.29 is 8.42 Å². The number of pyridine rings is 1. The van der Waals surface area contributed by atoms with Gasteiger partial charge in [-0.15, -0.1) is 0 Å². The van der Waals surface area contributed by atoms with Gasteiger partial charge >= 0.3 is 0 Å². The molecule has 1 heterocycles. The molecular formula is C12H11BrN2O2S2. The van der Waals surface area contributed by atoms with Crippen molar-refractivity contribution in [1.29, 1.82) is 0 Å². The molecule has 4 nitrogen and oxygen atoms in total. The highest BCUT2D eigenvalue weighted by atomic mass is 79.9. The predicted octanol–water partition coefficient (Wildman–Crippen LogP) is 2.98. The highest BCUT2D eigenvalue weighted by molar-refractivity contribution is 9.10. The van der Waals surface area contributed by atoms with Crippen LogP contribution in [0.2, 0.25) is 0 Å². The lowest BCUT2D eigenvalue weighted by molar-refractivity contribution is 0.602. The Bertz CT molecular complexity index is 717. The number of nitrogens with zero attached hydrogens (tertiary/aromatic N) is 1. The summed E-state index contributed by atoms with van der Waals surface area (Å²) in [5, 5.41) is 0.736. The van der Waals surface area contributed by atoms with Crippen LogP contribution in [-0.2, 0) is 9.84 Å². The molecule has 1 aromatic heterocycles. The number of aromatic nitrogens is 1. The van der Waals surface area contributed by atoms with E-state index in [-0.39, 0.29) is 10.6 Å². The summed E-state index contributed by atoms with van der Waals surface area (Å²) >= 11 is 4.72. The van der Waals surface area contributed by atoms with Gasteiger partial charge in [-0.3, -0.25) is 0 Å². The molecule has 100 valence electrons. The average molecular weight is 359 g/mol. The molecule has 0 unspecified atom stereocenters. The first-order valence-electron chi connectivity index (χ1n) is 5.26. The Kier molecular flexibility index (Phi) is 4.17. The van der Waals surface area contributed by atoms with Crippen molar-refractivity contribution in [1.82, 2.24) is 4.98 Å². The fourth-order valence-corrected chi connectivity index (χ4v) is 3.74. The summed E-state index contributed by atoms with van der Waals surface area (Å²) in [6, 6.07) is 8.63. The molecule has 0 fully saturated rings. The minimum atomic E-state index is -3.33. The summed E-state index contributed by atoms with van der Waals surface area (Å²) in [5.74, 6) is 0. The first-order valence-corrected chi connectivity index (χ1v) is 8.76. The van der Waals surface area contributed by atoms with Crippen LogP contribution in [0.3, 0.4) is 0 Å². The number of benzene rings is 1. The average Bonchev–Trinajstić information content (AvgIpc) is 2.33. The first-order chi connectivity index (χ1) is 8.89. The van der Waals surface area contributed by atoms with Gasteiger partial charge in [-0.2, -0.15) is 0 Å². The molecule has 0 aliphatic rings. The van der Waals surface area contributed by atoms with E-state index in [2.05, 4.69) is 20.9 Å². The Morgan fingerprint density at radius 1 is 1.26 bits per heavy atom. The molecule has 2 rings (SSSR count). The van der Waals surface area contributed by atoms with Crippen LogP contribution in [0.5, 0.6) is 0 Å². The predicted molar refractivity (Wildman–Crippen MR) is 80.0 cm³/mol. The molecule has 0 amide bonds. The van der Waals surface area contributed by atoms with Gasteiger partial charge in [-0.05, 0) is 40.2 Å². The lowest BCUT2D eigenvalue weighted by Gasteiger charge is -2.09. The van der Waals surface area contributed by atoms with Gasteiger partial charge in [0.2, 0.25) is 0 Å². The second kappa shape index (κ2) is 5.52. The molecule has 1 aromatic carbocycles. The molecule has 2 aromatic rings. The molecule has 0 bridgehead atoms. The molecule has 0 aliphatic heterocycles. The fraction of sp³-hybridized carbons (Fsp3) is 0.0833. The number of sulfone groups is 1. The quantitative estimate of drug-likeness (QED) is 0.853. The molecule has 0 radical (unpaired) electrons. The number of nitrogen functional groups attached to an aromatic ring is 1. The Labute approximate surface area is 124 Å². The maximum absolute atomic E-state index is 11.6. The summed E-state index contributed by atoms with van der Waals surface area (Å²) in [6.45, 7) is 0. The summed E-state index contributed by atoms with van der Waals surface area (Å²) in [6.07, 6.45) is 2.81. The van der Waals surface area contributed by atoms with E-state index in [1.807, 2.05) is 12.1 Å². The van der Waals surface area contributed by atoms with E-state index in [9.17, 15) is 8.42 Å². The lowest BCUT2D eigenvalue weighted by Crippen LogP contribution is -2.03. The largest absolute Gasteiger partial charge is 0.397 e. The number of nitrogens with two attached hydrogens (primary N) is 1. The molecule has 0 aliphatic carbocycles.